The minimum atomic E-state index is -0.349. The molecule has 2 N–H and O–H groups in total. The average molecular weight is 387 g/mol. The maximum Gasteiger partial charge on any atom is 0.153 e. The zero-order chi connectivity index (χ0) is 14.5. The molecule has 0 heterocycles. The lowest BCUT2D eigenvalue weighted by molar-refractivity contribution is 0.317. The molecule has 0 amide bonds. The predicted octanol–water partition coefficient (Wildman–Crippen LogP) is 4.59. The molecule has 0 atom stereocenters. The SMILES string of the molecule is CCCOc1ccc(Oc2cc(F)c(I)cc2N)cc1. The third kappa shape index (κ3) is 3.75. The molecule has 0 saturated carbocycles. The van der Waals surface area contributed by atoms with Gasteiger partial charge in [0.05, 0.1) is 15.9 Å². The molecular weight excluding hydrogens is 372 g/mol. The molecule has 0 unspecified atom stereocenters. The van der Waals surface area contributed by atoms with Gasteiger partial charge in [-0.15, -0.1) is 0 Å². The van der Waals surface area contributed by atoms with E-state index in [2.05, 4.69) is 0 Å². The second-order valence-corrected chi connectivity index (χ2v) is 5.39. The molecule has 106 valence electrons. The van der Waals surface area contributed by atoms with Gasteiger partial charge in [0.1, 0.15) is 17.3 Å². The molecule has 0 spiro atoms. The summed E-state index contributed by atoms with van der Waals surface area (Å²) in [4.78, 5) is 0. The fourth-order valence-corrected chi connectivity index (χ4v) is 2.07. The van der Waals surface area contributed by atoms with Crippen LogP contribution >= 0.6 is 22.6 Å². The zero-order valence-corrected chi connectivity index (χ0v) is 13.2. The van der Waals surface area contributed by atoms with Crippen LogP contribution in [-0.2, 0) is 0 Å². The quantitative estimate of drug-likeness (QED) is 0.603. The van der Waals surface area contributed by atoms with Crippen LogP contribution in [-0.4, -0.2) is 6.61 Å². The molecule has 0 radical (unpaired) electrons. The van der Waals surface area contributed by atoms with Crippen molar-refractivity contribution in [2.75, 3.05) is 12.3 Å². The molecule has 2 aromatic rings. The summed E-state index contributed by atoms with van der Waals surface area (Å²) in [5.41, 5.74) is 6.22. The lowest BCUT2D eigenvalue weighted by atomic mass is 10.3. The Labute approximate surface area is 131 Å². The Morgan fingerprint density at radius 1 is 1.15 bits per heavy atom. The Morgan fingerprint density at radius 2 is 1.80 bits per heavy atom. The number of halogens is 2. The Bertz CT molecular complexity index is 587. The number of hydrogen-bond donors (Lipinski definition) is 1. The van der Waals surface area contributed by atoms with Crippen molar-refractivity contribution in [2.24, 2.45) is 0 Å². The van der Waals surface area contributed by atoms with Crippen LogP contribution in [0.3, 0.4) is 0 Å². The molecule has 2 rings (SSSR count). The molecular formula is C15H15FINO2. The number of nitrogens with two attached hydrogens (primary N) is 1. The van der Waals surface area contributed by atoms with Crippen LogP contribution in [0, 0.1) is 9.39 Å². The summed E-state index contributed by atoms with van der Waals surface area (Å²) >= 11 is 1.89. The summed E-state index contributed by atoms with van der Waals surface area (Å²) in [6.07, 6.45) is 0.955. The van der Waals surface area contributed by atoms with Gasteiger partial charge in [0.15, 0.2) is 5.75 Å². The first-order valence-corrected chi connectivity index (χ1v) is 7.33. The topological polar surface area (TPSA) is 44.5 Å². The van der Waals surface area contributed by atoms with E-state index in [1.807, 2.05) is 41.6 Å². The highest BCUT2D eigenvalue weighted by Crippen LogP contribution is 2.31. The maximum atomic E-state index is 13.5. The Morgan fingerprint density at radius 3 is 2.45 bits per heavy atom. The Hall–Kier alpha value is -1.50. The van der Waals surface area contributed by atoms with E-state index in [0.29, 0.717) is 27.4 Å². The van der Waals surface area contributed by atoms with Gasteiger partial charge >= 0.3 is 0 Å². The lowest BCUT2D eigenvalue weighted by Crippen LogP contribution is -1.96. The van der Waals surface area contributed by atoms with Gasteiger partial charge in [0.25, 0.3) is 0 Å². The van der Waals surface area contributed by atoms with Crippen LogP contribution in [0.4, 0.5) is 10.1 Å². The number of hydrogen-bond acceptors (Lipinski definition) is 3. The normalized spacial score (nSPS) is 10.3. The van der Waals surface area contributed by atoms with Crippen LogP contribution in [0.25, 0.3) is 0 Å². The van der Waals surface area contributed by atoms with Gasteiger partial charge in [0.2, 0.25) is 0 Å². The summed E-state index contributed by atoms with van der Waals surface area (Å²) in [6.45, 7) is 2.72. The summed E-state index contributed by atoms with van der Waals surface area (Å²) in [6, 6.07) is 9.98. The van der Waals surface area contributed by atoms with Crippen LogP contribution in [0.15, 0.2) is 36.4 Å². The van der Waals surface area contributed by atoms with Gasteiger partial charge in [-0.1, -0.05) is 6.92 Å². The predicted molar refractivity (Wildman–Crippen MR) is 85.8 cm³/mol. The van der Waals surface area contributed by atoms with Gasteiger partial charge in [-0.05, 0) is 59.3 Å². The number of nitrogen functional groups attached to an aromatic ring is 1. The first kappa shape index (κ1) is 14.9. The van der Waals surface area contributed by atoms with E-state index < -0.39 is 0 Å². The molecule has 0 aromatic heterocycles. The molecule has 0 aliphatic heterocycles. The molecule has 0 aliphatic carbocycles. The number of ether oxygens (including phenoxy) is 2. The van der Waals surface area contributed by atoms with Gasteiger partial charge in [-0.3, -0.25) is 0 Å². The number of anilines is 1. The van der Waals surface area contributed by atoms with Crippen molar-refractivity contribution in [3.05, 3.63) is 45.8 Å². The zero-order valence-electron chi connectivity index (χ0n) is 11.0. The second kappa shape index (κ2) is 6.78. The largest absolute Gasteiger partial charge is 0.494 e. The van der Waals surface area contributed by atoms with Gasteiger partial charge in [-0.25, -0.2) is 4.39 Å². The van der Waals surface area contributed by atoms with Crippen molar-refractivity contribution in [3.8, 4) is 17.2 Å². The van der Waals surface area contributed by atoms with E-state index in [1.165, 1.54) is 6.07 Å². The molecule has 20 heavy (non-hydrogen) atoms. The van der Waals surface area contributed by atoms with Crippen molar-refractivity contribution < 1.29 is 13.9 Å². The third-order valence-corrected chi connectivity index (χ3v) is 3.40. The number of benzene rings is 2. The second-order valence-electron chi connectivity index (χ2n) is 4.23. The summed E-state index contributed by atoms with van der Waals surface area (Å²) in [5.74, 6) is 1.32. The number of rotatable bonds is 5. The summed E-state index contributed by atoms with van der Waals surface area (Å²) < 4.78 is 25.0. The van der Waals surface area contributed by atoms with Crippen LogP contribution in [0.1, 0.15) is 13.3 Å². The van der Waals surface area contributed by atoms with E-state index in [1.54, 1.807) is 18.2 Å². The molecule has 0 saturated heterocycles. The molecule has 0 aliphatic rings. The van der Waals surface area contributed by atoms with Crippen molar-refractivity contribution >= 4 is 28.3 Å². The molecule has 2 aromatic carbocycles. The first-order valence-electron chi connectivity index (χ1n) is 6.25. The van der Waals surface area contributed by atoms with E-state index in [0.717, 1.165) is 12.2 Å². The fraction of sp³-hybridized carbons (Fsp3) is 0.200. The van der Waals surface area contributed by atoms with Crippen molar-refractivity contribution in [1.29, 1.82) is 0 Å². The first-order chi connectivity index (χ1) is 9.60. The van der Waals surface area contributed by atoms with Gasteiger partial charge in [0, 0.05) is 6.07 Å². The van der Waals surface area contributed by atoms with E-state index in [4.69, 9.17) is 15.2 Å². The highest BCUT2D eigenvalue weighted by atomic mass is 127. The minimum absolute atomic E-state index is 0.310. The van der Waals surface area contributed by atoms with Crippen LogP contribution in [0.5, 0.6) is 17.2 Å². The van der Waals surface area contributed by atoms with E-state index in [-0.39, 0.29) is 5.82 Å². The van der Waals surface area contributed by atoms with Crippen molar-refractivity contribution in [2.45, 2.75) is 13.3 Å². The van der Waals surface area contributed by atoms with E-state index >= 15 is 0 Å². The standard InChI is InChI=1S/C15H15FINO2/c1-2-7-19-10-3-5-11(6-4-10)20-15-8-12(16)13(17)9-14(15)18/h3-6,8-9H,2,7,18H2,1H3. The van der Waals surface area contributed by atoms with E-state index in [9.17, 15) is 4.39 Å². The monoisotopic (exact) mass is 387 g/mol. The fourth-order valence-electron chi connectivity index (χ4n) is 1.58. The van der Waals surface area contributed by atoms with Crippen LogP contribution < -0.4 is 15.2 Å². The van der Waals surface area contributed by atoms with Gasteiger partial charge in [-0.2, -0.15) is 0 Å². The maximum absolute atomic E-state index is 13.5. The molecule has 0 bridgehead atoms. The van der Waals surface area contributed by atoms with Crippen LogP contribution in [0.2, 0.25) is 0 Å². The lowest BCUT2D eigenvalue weighted by Gasteiger charge is -2.10. The third-order valence-electron chi connectivity index (χ3n) is 2.58. The molecule has 3 nitrogen and oxygen atoms in total. The summed E-state index contributed by atoms with van der Waals surface area (Å²) in [7, 11) is 0. The van der Waals surface area contributed by atoms with Crippen molar-refractivity contribution in [3.63, 3.8) is 0 Å². The smallest absolute Gasteiger partial charge is 0.153 e. The highest BCUT2D eigenvalue weighted by molar-refractivity contribution is 14.1. The minimum Gasteiger partial charge on any atom is -0.494 e. The molecule has 5 heteroatoms. The van der Waals surface area contributed by atoms with Gasteiger partial charge < -0.3 is 15.2 Å². The van der Waals surface area contributed by atoms with Crippen molar-refractivity contribution in [1.82, 2.24) is 0 Å². The highest BCUT2D eigenvalue weighted by Gasteiger charge is 2.08. The molecule has 0 fully saturated rings. The summed E-state index contributed by atoms with van der Waals surface area (Å²) in [5, 5.41) is 0. The Balaban J connectivity index is 2.12. The average Bonchev–Trinajstić information content (AvgIpc) is 2.44. The Kier molecular flexibility index (Phi) is 5.05.